The minimum Gasteiger partial charge on any atom is -0.298 e. The Morgan fingerprint density at radius 1 is 1.05 bits per heavy atom. The van der Waals surface area contributed by atoms with Crippen molar-refractivity contribution in [2.75, 3.05) is 5.88 Å². The minimum atomic E-state index is -4.09. The van der Waals surface area contributed by atoms with Gasteiger partial charge in [-0.3, -0.25) is 14.4 Å². The molecule has 0 saturated carbocycles. The molecule has 0 saturated heterocycles. The van der Waals surface area contributed by atoms with Crippen molar-refractivity contribution in [3.8, 4) is 0 Å². The number of benzene rings is 1. The van der Waals surface area contributed by atoms with Crippen LogP contribution < -0.4 is 0 Å². The number of hydrogen-bond acceptors (Lipinski definition) is 5. The lowest BCUT2D eigenvalue weighted by Gasteiger charge is -2.12. The highest BCUT2D eigenvalue weighted by Crippen LogP contribution is 2.19. The first-order chi connectivity index (χ1) is 9.21. The predicted octanol–water partition coefficient (Wildman–Crippen LogP) is 1.43. The van der Waals surface area contributed by atoms with Gasteiger partial charge in [0.15, 0.2) is 32.4 Å². The van der Waals surface area contributed by atoms with Crippen LogP contribution in [0.15, 0.2) is 29.2 Å². The zero-order valence-electron chi connectivity index (χ0n) is 10.9. The van der Waals surface area contributed by atoms with Gasteiger partial charge in [-0.05, 0) is 26.0 Å². The van der Waals surface area contributed by atoms with Gasteiger partial charge in [0.05, 0.1) is 10.8 Å². The van der Waals surface area contributed by atoms with Gasteiger partial charge in [-0.2, -0.15) is 0 Å². The number of ketones is 3. The number of halogens is 1. The van der Waals surface area contributed by atoms with E-state index in [1.54, 1.807) is 0 Å². The summed E-state index contributed by atoms with van der Waals surface area (Å²) in [7, 11) is -4.09. The molecule has 0 fully saturated rings. The van der Waals surface area contributed by atoms with Gasteiger partial charge in [0.25, 0.3) is 0 Å². The van der Waals surface area contributed by atoms with Crippen LogP contribution in [0.4, 0.5) is 0 Å². The van der Waals surface area contributed by atoms with Gasteiger partial charge in [-0.25, -0.2) is 8.42 Å². The van der Waals surface area contributed by atoms with E-state index in [1.807, 2.05) is 0 Å². The van der Waals surface area contributed by atoms with Crippen molar-refractivity contribution < 1.29 is 22.8 Å². The van der Waals surface area contributed by atoms with Crippen molar-refractivity contribution in [3.63, 3.8) is 0 Å². The van der Waals surface area contributed by atoms with Gasteiger partial charge in [0.1, 0.15) is 0 Å². The molecular formula is C13H13ClO5S. The van der Waals surface area contributed by atoms with E-state index in [2.05, 4.69) is 0 Å². The normalized spacial score (nSPS) is 11.4. The van der Waals surface area contributed by atoms with Crippen molar-refractivity contribution in [2.45, 2.75) is 24.0 Å². The van der Waals surface area contributed by atoms with E-state index in [-0.39, 0.29) is 22.1 Å². The highest BCUT2D eigenvalue weighted by molar-refractivity contribution is 7.93. The Morgan fingerprint density at radius 2 is 1.50 bits per heavy atom. The number of hydrogen-bond donors (Lipinski definition) is 0. The Balaban J connectivity index is 3.26. The molecular weight excluding hydrogens is 304 g/mol. The first-order valence-corrected chi connectivity index (χ1v) is 7.74. The van der Waals surface area contributed by atoms with Crippen LogP contribution in [0.3, 0.4) is 0 Å². The van der Waals surface area contributed by atoms with E-state index in [4.69, 9.17) is 11.6 Å². The smallest absolute Gasteiger partial charge is 0.195 e. The van der Waals surface area contributed by atoms with Crippen molar-refractivity contribution in [2.24, 2.45) is 0 Å². The molecule has 0 aliphatic rings. The van der Waals surface area contributed by atoms with Crippen molar-refractivity contribution in [3.05, 3.63) is 29.8 Å². The molecule has 0 unspecified atom stereocenters. The fourth-order valence-electron chi connectivity index (χ4n) is 1.77. The minimum absolute atomic E-state index is 0.181. The summed E-state index contributed by atoms with van der Waals surface area (Å²) in [5, 5.41) is -1.71. The Bertz CT molecular complexity index is 632. The maximum absolute atomic E-state index is 12.2. The lowest BCUT2D eigenvalue weighted by atomic mass is 10.1. The topological polar surface area (TPSA) is 85.3 Å². The summed E-state index contributed by atoms with van der Waals surface area (Å²) in [5.74, 6) is -2.03. The number of alkyl halides is 1. The molecule has 0 atom stereocenters. The fourth-order valence-corrected chi connectivity index (χ4v) is 3.58. The zero-order chi connectivity index (χ0) is 15.5. The average molecular weight is 317 g/mol. The molecule has 0 aliphatic heterocycles. The average Bonchev–Trinajstić information content (AvgIpc) is 2.36. The Morgan fingerprint density at radius 3 is 1.85 bits per heavy atom. The van der Waals surface area contributed by atoms with Crippen LogP contribution in [-0.2, 0) is 19.4 Å². The second-order valence-electron chi connectivity index (χ2n) is 4.23. The standard InChI is InChI=1S/C13H13ClO5S/c1-8(15)13(9(2)16)20(18,19)11-5-3-10(4-6-11)12(17)7-14/h3-6,13H,7H2,1-2H3. The Hall–Kier alpha value is -1.53. The third kappa shape index (κ3) is 3.32. The highest BCUT2D eigenvalue weighted by Gasteiger charge is 2.35. The number of sulfone groups is 1. The van der Waals surface area contributed by atoms with Crippen LogP contribution in [0.25, 0.3) is 0 Å². The SMILES string of the molecule is CC(=O)C(C(C)=O)S(=O)(=O)c1ccc(C(=O)CCl)cc1. The first-order valence-electron chi connectivity index (χ1n) is 5.66. The van der Waals surface area contributed by atoms with Gasteiger partial charge < -0.3 is 0 Å². The van der Waals surface area contributed by atoms with Crippen molar-refractivity contribution in [1.29, 1.82) is 0 Å². The molecule has 0 radical (unpaired) electrons. The maximum Gasteiger partial charge on any atom is 0.195 e. The molecule has 0 amide bonds. The number of rotatable bonds is 6. The molecule has 1 aromatic rings. The zero-order valence-corrected chi connectivity index (χ0v) is 12.5. The monoisotopic (exact) mass is 316 g/mol. The van der Waals surface area contributed by atoms with Crippen molar-refractivity contribution in [1.82, 2.24) is 0 Å². The molecule has 108 valence electrons. The molecule has 0 bridgehead atoms. The predicted molar refractivity (Wildman–Crippen MR) is 73.8 cm³/mol. The largest absolute Gasteiger partial charge is 0.298 e. The van der Waals surface area contributed by atoms with Crippen molar-refractivity contribution >= 4 is 38.8 Å². The summed E-state index contributed by atoms with van der Waals surface area (Å²) in [4.78, 5) is 33.9. The molecule has 20 heavy (non-hydrogen) atoms. The number of carbonyl (C=O) groups is 3. The molecule has 0 heterocycles. The van der Waals surface area contributed by atoms with Crippen LogP contribution in [0.5, 0.6) is 0 Å². The molecule has 1 aromatic carbocycles. The maximum atomic E-state index is 12.2. The van der Waals surface area contributed by atoms with Gasteiger partial charge in [-0.1, -0.05) is 12.1 Å². The molecule has 5 nitrogen and oxygen atoms in total. The van der Waals surface area contributed by atoms with Crippen LogP contribution in [0.1, 0.15) is 24.2 Å². The van der Waals surface area contributed by atoms with Crippen LogP contribution in [-0.4, -0.2) is 36.9 Å². The van der Waals surface area contributed by atoms with Crippen LogP contribution in [0, 0.1) is 0 Å². The van der Waals surface area contributed by atoms with E-state index in [1.165, 1.54) is 24.3 Å². The van der Waals surface area contributed by atoms with Gasteiger partial charge in [0.2, 0.25) is 0 Å². The summed E-state index contributed by atoms with van der Waals surface area (Å²) in [5.41, 5.74) is 0.265. The van der Waals surface area contributed by atoms with E-state index < -0.39 is 26.7 Å². The second kappa shape index (κ2) is 6.28. The van der Waals surface area contributed by atoms with E-state index in [0.717, 1.165) is 13.8 Å². The Kier molecular flexibility index (Phi) is 5.19. The van der Waals surface area contributed by atoms with Gasteiger partial charge >= 0.3 is 0 Å². The molecule has 0 aromatic heterocycles. The second-order valence-corrected chi connectivity index (χ2v) is 6.53. The summed E-state index contributed by atoms with van der Waals surface area (Å²) in [6, 6.07) is 4.98. The van der Waals surface area contributed by atoms with E-state index in [0.29, 0.717) is 0 Å². The summed E-state index contributed by atoms with van der Waals surface area (Å²) in [6.07, 6.45) is 0. The van der Waals surface area contributed by atoms with Gasteiger partial charge in [-0.15, -0.1) is 11.6 Å². The van der Waals surface area contributed by atoms with Crippen LogP contribution >= 0.6 is 11.6 Å². The molecule has 7 heteroatoms. The van der Waals surface area contributed by atoms with E-state index in [9.17, 15) is 22.8 Å². The first kappa shape index (κ1) is 16.5. The lowest BCUT2D eigenvalue weighted by Crippen LogP contribution is -2.35. The lowest BCUT2D eigenvalue weighted by molar-refractivity contribution is -0.124. The summed E-state index contributed by atoms with van der Waals surface area (Å²) in [6.45, 7) is 2.10. The fraction of sp³-hybridized carbons (Fsp3) is 0.308. The Labute approximate surface area is 121 Å². The van der Waals surface area contributed by atoms with E-state index >= 15 is 0 Å². The third-order valence-corrected chi connectivity index (χ3v) is 5.13. The molecule has 0 spiro atoms. The van der Waals surface area contributed by atoms with Crippen LogP contribution in [0.2, 0.25) is 0 Å². The molecule has 0 N–H and O–H groups in total. The molecule has 1 rings (SSSR count). The third-order valence-electron chi connectivity index (χ3n) is 2.67. The number of carbonyl (C=O) groups excluding carboxylic acids is 3. The number of Topliss-reactive ketones (excluding diaryl/α,β-unsaturated/α-hetero) is 3. The highest BCUT2D eigenvalue weighted by atomic mass is 35.5. The summed E-state index contributed by atoms with van der Waals surface area (Å²) < 4.78 is 24.4. The quantitative estimate of drug-likeness (QED) is 0.450. The molecule has 0 aliphatic carbocycles. The summed E-state index contributed by atoms with van der Waals surface area (Å²) >= 11 is 5.39. The van der Waals surface area contributed by atoms with Gasteiger partial charge in [0, 0.05) is 5.56 Å².